The van der Waals surface area contributed by atoms with Gasteiger partial charge in [0.2, 0.25) is 0 Å². The summed E-state index contributed by atoms with van der Waals surface area (Å²) in [5.41, 5.74) is 1.29. The van der Waals surface area contributed by atoms with Gasteiger partial charge in [0.1, 0.15) is 5.75 Å². The van der Waals surface area contributed by atoms with Crippen molar-refractivity contribution in [1.29, 1.82) is 0 Å². The molecule has 1 aromatic carbocycles. The van der Waals surface area contributed by atoms with E-state index in [4.69, 9.17) is 4.74 Å². The van der Waals surface area contributed by atoms with Crippen molar-refractivity contribution in [3.05, 3.63) is 29.8 Å². The molecule has 0 aromatic heterocycles. The van der Waals surface area contributed by atoms with Gasteiger partial charge in [-0.2, -0.15) is 0 Å². The van der Waals surface area contributed by atoms with Gasteiger partial charge in [-0.05, 0) is 50.0 Å². The van der Waals surface area contributed by atoms with Crippen LogP contribution in [0.2, 0.25) is 0 Å². The van der Waals surface area contributed by atoms with Gasteiger partial charge in [0, 0.05) is 26.7 Å². The summed E-state index contributed by atoms with van der Waals surface area (Å²) >= 11 is 0. The van der Waals surface area contributed by atoms with E-state index in [1.807, 2.05) is 19.2 Å². The zero-order valence-electron chi connectivity index (χ0n) is 14.9. The van der Waals surface area contributed by atoms with Crippen molar-refractivity contribution >= 4 is 29.9 Å². The van der Waals surface area contributed by atoms with E-state index in [2.05, 4.69) is 32.7 Å². The number of ether oxygens (including phenoxy) is 1. The highest BCUT2D eigenvalue weighted by Gasteiger charge is 2.09. The van der Waals surface area contributed by atoms with Crippen molar-refractivity contribution in [3.8, 4) is 5.75 Å². The van der Waals surface area contributed by atoms with Crippen molar-refractivity contribution in [1.82, 2.24) is 15.5 Å². The standard InChI is InChI=1S/C18H30N4O.HI/c1-19-18(21-12-15-22-13-4-3-5-14-22)20-11-10-16-6-8-17(23-2)9-7-16;/h6-9H,3-5,10-15H2,1-2H3,(H2,19,20,21);1H. The Morgan fingerprint density at radius 1 is 1.08 bits per heavy atom. The molecule has 2 N–H and O–H groups in total. The monoisotopic (exact) mass is 446 g/mol. The van der Waals surface area contributed by atoms with E-state index in [0.717, 1.165) is 37.8 Å². The normalized spacial score (nSPS) is 15.5. The highest BCUT2D eigenvalue weighted by molar-refractivity contribution is 14.0. The number of methoxy groups -OCH3 is 1. The van der Waals surface area contributed by atoms with E-state index in [-0.39, 0.29) is 24.0 Å². The molecule has 0 unspecified atom stereocenters. The van der Waals surface area contributed by atoms with Gasteiger partial charge in [0.15, 0.2) is 5.96 Å². The second-order valence-electron chi connectivity index (χ2n) is 5.93. The Morgan fingerprint density at radius 2 is 1.75 bits per heavy atom. The first kappa shape index (κ1) is 21.0. The molecule has 5 nitrogen and oxygen atoms in total. The Labute approximate surface area is 163 Å². The van der Waals surface area contributed by atoms with Gasteiger partial charge in [0.25, 0.3) is 0 Å². The van der Waals surface area contributed by atoms with Crippen LogP contribution in [-0.4, -0.2) is 57.7 Å². The quantitative estimate of drug-likeness (QED) is 0.384. The average molecular weight is 446 g/mol. The zero-order valence-corrected chi connectivity index (χ0v) is 17.2. The molecule has 0 spiro atoms. The minimum atomic E-state index is 0. The predicted molar refractivity (Wildman–Crippen MR) is 112 cm³/mol. The summed E-state index contributed by atoms with van der Waals surface area (Å²) in [5.74, 6) is 1.78. The first-order chi connectivity index (χ1) is 11.3. The van der Waals surface area contributed by atoms with Crippen molar-refractivity contribution in [2.24, 2.45) is 4.99 Å². The van der Waals surface area contributed by atoms with Crippen LogP contribution in [0.5, 0.6) is 5.75 Å². The molecule has 1 aliphatic rings. The van der Waals surface area contributed by atoms with Crippen LogP contribution in [0.15, 0.2) is 29.3 Å². The van der Waals surface area contributed by atoms with Gasteiger partial charge >= 0.3 is 0 Å². The van der Waals surface area contributed by atoms with Crippen molar-refractivity contribution in [2.45, 2.75) is 25.7 Å². The second kappa shape index (κ2) is 12.4. The van der Waals surface area contributed by atoms with E-state index in [1.165, 1.54) is 37.9 Å². The number of nitrogens with one attached hydrogen (secondary N) is 2. The summed E-state index contributed by atoms with van der Waals surface area (Å²) in [6.45, 7) is 5.40. The maximum absolute atomic E-state index is 5.17. The van der Waals surface area contributed by atoms with Gasteiger partial charge in [-0.3, -0.25) is 4.99 Å². The highest BCUT2D eigenvalue weighted by atomic mass is 127. The molecular formula is C18H31IN4O. The maximum atomic E-state index is 5.17. The predicted octanol–water partition coefficient (Wildman–Crippen LogP) is 2.51. The van der Waals surface area contributed by atoms with Crippen LogP contribution in [-0.2, 0) is 6.42 Å². The van der Waals surface area contributed by atoms with Crippen molar-refractivity contribution in [3.63, 3.8) is 0 Å². The summed E-state index contributed by atoms with van der Waals surface area (Å²) < 4.78 is 5.17. The SMILES string of the molecule is CN=C(NCCc1ccc(OC)cc1)NCCN1CCCCC1.I. The summed E-state index contributed by atoms with van der Waals surface area (Å²) in [6.07, 6.45) is 5.04. The Hall–Kier alpha value is -1.02. The molecule has 1 heterocycles. The third kappa shape index (κ3) is 7.70. The lowest BCUT2D eigenvalue weighted by Gasteiger charge is -2.26. The number of piperidine rings is 1. The number of hydrogen-bond acceptors (Lipinski definition) is 3. The third-order valence-corrected chi connectivity index (χ3v) is 4.26. The number of hydrogen-bond donors (Lipinski definition) is 2. The first-order valence-corrected chi connectivity index (χ1v) is 8.61. The fraction of sp³-hybridized carbons (Fsp3) is 0.611. The minimum absolute atomic E-state index is 0. The molecule has 1 saturated heterocycles. The van der Waals surface area contributed by atoms with Gasteiger partial charge in [-0.1, -0.05) is 18.6 Å². The Morgan fingerprint density at radius 3 is 2.38 bits per heavy atom. The van der Waals surface area contributed by atoms with E-state index < -0.39 is 0 Å². The van der Waals surface area contributed by atoms with Gasteiger partial charge in [-0.25, -0.2) is 0 Å². The van der Waals surface area contributed by atoms with Gasteiger partial charge in [0.05, 0.1) is 7.11 Å². The van der Waals surface area contributed by atoms with E-state index in [1.54, 1.807) is 7.11 Å². The average Bonchev–Trinajstić information content (AvgIpc) is 2.62. The largest absolute Gasteiger partial charge is 0.497 e. The van der Waals surface area contributed by atoms with Gasteiger partial charge in [-0.15, -0.1) is 24.0 Å². The number of likely N-dealkylation sites (tertiary alicyclic amines) is 1. The third-order valence-electron chi connectivity index (χ3n) is 4.26. The molecule has 1 fully saturated rings. The summed E-state index contributed by atoms with van der Waals surface area (Å²) in [4.78, 5) is 6.81. The van der Waals surface area contributed by atoms with E-state index in [9.17, 15) is 0 Å². The molecular weight excluding hydrogens is 415 g/mol. The van der Waals surface area contributed by atoms with E-state index in [0.29, 0.717) is 0 Å². The van der Waals surface area contributed by atoms with Crippen LogP contribution >= 0.6 is 24.0 Å². The lowest BCUT2D eigenvalue weighted by Crippen LogP contribution is -2.43. The first-order valence-electron chi connectivity index (χ1n) is 8.61. The van der Waals surface area contributed by atoms with Crippen LogP contribution in [0.1, 0.15) is 24.8 Å². The molecule has 24 heavy (non-hydrogen) atoms. The highest BCUT2D eigenvalue weighted by Crippen LogP contribution is 2.11. The Kier molecular flexibility index (Phi) is 10.8. The Balaban J connectivity index is 0.00000288. The van der Waals surface area contributed by atoms with Crippen LogP contribution in [0.3, 0.4) is 0 Å². The minimum Gasteiger partial charge on any atom is -0.497 e. The zero-order chi connectivity index (χ0) is 16.3. The Bertz CT molecular complexity index is 472. The number of aliphatic imine (C=N–C) groups is 1. The number of benzene rings is 1. The van der Waals surface area contributed by atoms with E-state index >= 15 is 0 Å². The topological polar surface area (TPSA) is 48.9 Å². The number of guanidine groups is 1. The fourth-order valence-electron chi connectivity index (χ4n) is 2.85. The molecule has 0 bridgehead atoms. The van der Waals surface area contributed by atoms with Gasteiger partial charge < -0.3 is 20.3 Å². The molecule has 1 aromatic rings. The van der Waals surface area contributed by atoms with Crippen LogP contribution in [0.25, 0.3) is 0 Å². The van der Waals surface area contributed by atoms with Crippen LogP contribution in [0, 0.1) is 0 Å². The molecule has 0 aliphatic carbocycles. The molecule has 6 heteroatoms. The fourth-order valence-corrected chi connectivity index (χ4v) is 2.85. The number of nitrogens with zero attached hydrogens (tertiary/aromatic N) is 2. The molecule has 0 atom stereocenters. The number of rotatable bonds is 7. The molecule has 1 aliphatic heterocycles. The molecule has 0 amide bonds. The lowest BCUT2D eigenvalue weighted by atomic mass is 10.1. The van der Waals surface area contributed by atoms with Crippen molar-refractivity contribution < 1.29 is 4.74 Å². The molecule has 136 valence electrons. The summed E-state index contributed by atoms with van der Waals surface area (Å²) in [7, 11) is 3.51. The summed E-state index contributed by atoms with van der Waals surface area (Å²) in [6, 6.07) is 8.21. The second-order valence-corrected chi connectivity index (χ2v) is 5.93. The number of halogens is 1. The molecule has 2 rings (SSSR count). The molecule has 0 saturated carbocycles. The smallest absolute Gasteiger partial charge is 0.191 e. The summed E-state index contributed by atoms with van der Waals surface area (Å²) in [5, 5.41) is 6.77. The lowest BCUT2D eigenvalue weighted by molar-refractivity contribution is 0.232. The molecule has 0 radical (unpaired) electrons. The maximum Gasteiger partial charge on any atom is 0.191 e. The van der Waals surface area contributed by atoms with Crippen LogP contribution < -0.4 is 15.4 Å². The van der Waals surface area contributed by atoms with Crippen molar-refractivity contribution in [2.75, 3.05) is 46.9 Å². The van der Waals surface area contributed by atoms with Crippen LogP contribution in [0.4, 0.5) is 0 Å².